The summed E-state index contributed by atoms with van der Waals surface area (Å²) in [6, 6.07) is 12.3. The van der Waals surface area contributed by atoms with E-state index in [1.165, 1.54) is 24.3 Å². The number of nitrogens with one attached hydrogen (secondary N) is 1. The van der Waals surface area contributed by atoms with Crippen molar-refractivity contribution in [1.29, 1.82) is 0 Å². The van der Waals surface area contributed by atoms with E-state index in [4.69, 9.17) is 4.74 Å². The van der Waals surface area contributed by atoms with E-state index >= 15 is 0 Å². The van der Waals surface area contributed by atoms with Crippen molar-refractivity contribution in [3.05, 3.63) is 75.7 Å². The minimum atomic E-state index is -4.73. The van der Waals surface area contributed by atoms with Gasteiger partial charge < -0.3 is 14.5 Å². The maximum absolute atomic E-state index is 13.2. The van der Waals surface area contributed by atoms with Crippen LogP contribution in [0, 0.1) is 12.8 Å². The second-order valence-corrected chi connectivity index (χ2v) is 8.07. The molecule has 0 bridgehead atoms. The first-order chi connectivity index (χ1) is 15.2. The second kappa shape index (κ2) is 8.73. The highest BCUT2D eigenvalue weighted by Gasteiger charge is 2.31. The smallest absolute Gasteiger partial charge is 0.457 e. The van der Waals surface area contributed by atoms with Gasteiger partial charge in [-0.25, -0.2) is 0 Å². The lowest BCUT2D eigenvalue weighted by atomic mass is 9.84. The number of fused-ring (bicyclic) bond motifs is 1. The van der Waals surface area contributed by atoms with Gasteiger partial charge in [-0.1, -0.05) is 25.5 Å². The van der Waals surface area contributed by atoms with Crippen LogP contribution in [0.25, 0.3) is 11.1 Å². The first kappa shape index (κ1) is 22.0. The van der Waals surface area contributed by atoms with Crippen LogP contribution in [0.3, 0.4) is 0 Å². The van der Waals surface area contributed by atoms with Crippen molar-refractivity contribution in [2.75, 3.05) is 0 Å². The summed E-state index contributed by atoms with van der Waals surface area (Å²) in [5.41, 5.74) is 4.34. The summed E-state index contributed by atoms with van der Waals surface area (Å²) < 4.78 is 46.4. The number of rotatable bonds is 5. The molecule has 1 aliphatic carbocycles. The lowest BCUT2D eigenvalue weighted by Crippen LogP contribution is -2.25. The third-order valence-corrected chi connectivity index (χ3v) is 5.89. The predicted octanol–water partition coefficient (Wildman–Crippen LogP) is 6.56. The van der Waals surface area contributed by atoms with E-state index in [1.54, 1.807) is 12.1 Å². The van der Waals surface area contributed by atoms with Crippen LogP contribution in [0.15, 0.2) is 53.3 Å². The minimum Gasteiger partial charge on any atom is -0.457 e. The number of halogens is 3. The zero-order valence-electron chi connectivity index (χ0n) is 17.9. The lowest BCUT2D eigenvalue weighted by Gasteiger charge is -2.24. The van der Waals surface area contributed by atoms with E-state index in [1.807, 2.05) is 19.1 Å². The van der Waals surface area contributed by atoms with Gasteiger partial charge >= 0.3 is 6.36 Å². The van der Waals surface area contributed by atoms with Crippen molar-refractivity contribution in [3.63, 3.8) is 0 Å². The molecule has 1 unspecified atom stereocenters. The Morgan fingerprint density at radius 2 is 1.59 bits per heavy atom. The van der Waals surface area contributed by atoms with Gasteiger partial charge in [0.1, 0.15) is 17.2 Å². The molecular formula is C25H24F3NO3. The molecule has 3 aromatic rings. The highest BCUT2D eigenvalue weighted by Crippen LogP contribution is 2.31. The van der Waals surface area contributed by atoms with Crippen LogP contribution in [-0.4, -0.2) is 11.3 Å². The lowest BCUT2D eigenvalue weighted by molar-refractivity contribution is -0.274. The van der Waals surface area contributed by atoms with Gasteiger partial charge in [0.15, 0.2) is 5.43 Å². The number of aromatic nitrogens is 1. The number of hydrogen-bond donors (Lipinski definition) is 1. The Morgan fingerprint density at radius 1 is 1.00 bits per heavy atom. The summed E-state index contributed by atoms with van der Waals surface area (Å²) in [6.45, 7) is 4.10. The standard InChI is InChI=1S/C25H24F3NO3/c1-3-16-4-13-21-22(14-16)29-15(2)23(24(21)30)17-5-7-18(8-6-17)31-19-9-11-20(12-10-19)32-25(26,27)28/h5-12,16H,3-4,13-14H2,1-2H3,(H,29,30). The molecule has 32 heavy (non-hydrogen) atoms. The monoisotopic (exact) mass is 443 g/mol. The molecule has 4 nitrogen and oxygen atoms in total. The van der Waals surface area contributed by atoms with Gasteiger partial charge in [0.2, 0.25) is 0 Å². The Morgan fingerprint density at radius 3 is 2.19 bits per heavy atom. The molecule has 0 radical (unpaired) electrons. The molecule has 0 saturated carbocycles. The molecule has 4 rings (SSSR count). The van der Waals surface area contributed by atoms with Crippen LogP contribution < -0.4 is 14.9 Å². The molecule has 2 aromatic carbocycles. The second-order valence-electron chi connectivity index (χ2n) is 8.07. The fourth-order valence-electron chi connectivity index (χ4n) is 4.23. The fraction of sp³-hybridized carbons (Fsp3) is 0.320. The van der Waals surface area contributed by atoms with Gasteiger partial charge in [0.05, 0.1) is 0 Å². The number of H-pyrrole nitrogens is 1. The first-order valence-corrected chi connectivity index (χ1v) is 10.6. The van der Waals surface area contributed by atoms with E-state index in [2.05, 4.69) is 16.6 Å². The fourth-order valence-corrected chi connectivity index (χ4v) is 4.23. The minimum absolute atomic E-state index is 0.0831. The van der Waals surface area contributed by atoms with Gasteiger partial charge in [-0.15, -0.1) is 13.2 Å². The third-order valence-electron chi connectivity index (χ3n) is 5.89. The van der Waals surface area contributed by atoms with Crippen molar-refractivity contribution < 1.29 is 22.6 Å². The average Bonchev–Trinajstić information content (AvgIpc) is 2.75. The summed E-state index contributed by atoms with van der Waals surface area (Å²) in [5, 5.41) is 0. The van der Waals surface area contributed by atoms with E-state index in [0.29, 0.717) is 23.0 Å². The predicted molar refractivity (Wildman–Crippen MR) is 116 cm³/mol. The molecule has 1 heterocycles. The number of ether oxygens (including phenoxy) is 2. The summed E-state index contributed by atoms with van der Waals surface area (Å²) in [4.78, 5) is 16.6. The number of aryl methyl sites for hydroxylation is 1. The molecule has 0 amide bonds. The van der Waals surface area contributed by atoms with Crippen LogP contribution in [0.5, 0.6) is 17.2 Å². The molecule has 0 fully saturated rings. The zero-order valence-corrected chi connectivity index (χ0v) is 17.9. The molecule has 0 spiro atoms. The van der Waals surface area contributed by atoms with Crippen LogP contribution in [0.2, 0.25) is 0 Å². The van der Waals surface area contributed by atoms with Crippen molar-refractivity contribution in [2.24, 2.45) is 5.92 Å². The van der Waals surface area contributed by atoms with Gasteiger partial charge in [-0.05, 0) is 74.1 Å². The Kier molecular flexibility index (Phi) is 6.00. The molecule has 0 aliphatic heterocycles. The SMILES string of the molecule is CCC1CCc2c([nH]c(C)c(-c3ccc(Oc4ccc(OC(F)(F)F)cc4)cc3)c2=O)C1. The summed E-state index contributed by atoms with van der Waals surface area (Å²) >= 11 is 0. The Bertz CT molecular complexity index is 1150. The van der Waals surface area contributed by atoms with Crippen LogP contribution in [0.1, 0.15) is 36.7 Å². The average molecular weight is 443 g/mol. The molecular weight excluding hydrogens is 419 g/mol. The Balaban J connectivity index is 1.53. The summed E-state index contributed by atoms with van der Waals surface area (Å²) in [5.74, 6) is 1.19. The van der Waals surface area contributed by atoms with Gasteiger partial charge in [0, 0.05) is 22.5 Å². The molecule has 0 saturated heterocycles. The first-order valence-electron chi connectivity index (χ1n) is 10.6. The summed E-state index contributed by atoms with van der Waals surface area (Å²) in [6.07, 6.45) is -0.869. The van der Waals surface area contributed by atoms with Crippen molar-refractivity contribution in [2.45, 2.75) is 45.9 Å². The van der Waals surface area contributed by atoms with E-state index in [-0.39, 0.29) is 11.2 Å². The number of benzene rings is 2. The highest BCUT2D eigenvalue weighted by atomic mass is 19.4. The van der Waals surface area contributed by atoms with Crippen LogP contribution >= 0.6 is 0 Å². The Hall–Kier alpha value is -3.22. The molecule has 1 aromatic heterocycles. The molecule has 1 N–H and O–H groups in total. The van der Waals surface area contributed by atoms with E-state index in [0.717, 1.165) is 48.2 Å². The summed E-state index contributed by atoms with van der Waals surface area (Å²) in [7, 11) is 0. The highest BCUT2D eigenvalue weighted by molar-refractivity contribution is 5.67. The maximum Gasteiger partial charge on any atom is 0.573 e. The third kappa shape index (κ3) is 4.82. The molecule has 1 atom stereocenters. The van der Waals surface area contributed by atoms with Gasteiger partial charge in [-0.2, -0.15) is 0 Å². The number of alkyl halides is 3. The normalized spacial score (nSPS) is 15.8. The van der Waals surface area contributed by atoms with E-state index in [9.17, 15) is 18.0 Å². The van der Waals surface area contributed by atoms with Crippen LogP contribution in [0.4, 0.5) is 13.2 Å². The molecule has 1 aliphatic rings. The van der Waals surface area contributed by atoms with Gasteiger partial charge in [-0.3, -0.25) is 4.79 Å². The molecule has 168 valence electrons. The zero-order chi connectivity index (χ0) is 22.9. The largest absolute Gasteiger partial charge is 0.573 e. The number of hydrogen-bond acceptors (Lipinski definition) is 3. The van der Waals surface area contributed by atoms with Crippen molar-refractivity contribution in [3.8, 4) is 28.4 Å². The van der Waals surface area contributed by atoms with Crippen molar-refractivity contribution >= 4 is 0 Å². The Labute approximate surface area is 184 Å². The topological polar surface area (TPSA) is 51.3 Å². The molecule has 7 heteroatoms. The van der Waals surface area contributed by atoms with Gasteiger partial charge in [0.25, 0.3) is 0 Å². The maximum atomic E-state index is 13.2. The van der Waals surface area contributed by atoms with E-state index < -0.39 is 6.36 Å². The number of pyridine rings is 1. The van der Waals surface area contributed by atoms with Crippen LogP contribution in [-0.2, 0) is 12.8 Å². The quantitative estimate of drug-likeness (QED) is 0.486. The van der Waals surface area contributed by atoms with Crippen molar-refractivity contribution in [1.82, 2.24) is 4.98 Å². The number of aromatic amines is 1.